The Morgan fingerprint density at radius 3 is 2.72 bits per heavy atom. The molecule has 18 heavy (non-hydrogen) atoms. The van der Waals surface area contributed by atoms with Gasteiger partial charge in [0.05, 0.1) is 22.2 Å². The first-order chi connectivity index (χ1) is 8.32. The number of nitrogens with zero attached hydrogens (tertiary/aromatic N) is 2. The first-order valence-corrected chi connectivity index (χ1v) is 8.41. The maximum atomic E-state index is 12.4. The van der Waals surface area contributed by atoms with E-state index in [9.17, 15) is 13.2 Å². The van der Waals surface area contributed by atoms with E-state index in [4.69, 9.17) is 0 Å². The van der Waals surface area contributed by atoms with Crippen molar-refractivity contribution in [2.45, 2.75) is 26.3 Å². The van der Waals surface area contributed by atoms with Gasteiger partial charge in [-0.1, -0.05) is 0 Å². The highest BCUT2D eigenvalue weighted by Gasteiger charge is 2.35. The summed E-state index contributed by atoms with van der Waals surface area (Å²) < 4.78 is 25.1. The maximum absolute atomic E-state index is 12.4. The third-order valence-corrected chi connectivity index (χ3v) is 5.42. The second kappa shape index (κ2) is 4.77. The molecule has 1 aliphatic rings. The van der Waals surface area contributed by atoms with Gasteiger partial charge in [-0.15, -0.1) is 0 Å². The smallest absolute Gasteiger partial charge is 0.186 e. The zero-order valence-electron chi connectivity index (χ0n) is 10.3. The number of aromatic nitrogens is 2. The van der Waals surface area contributed by atoms with E-state index in [-0.39, 0.29) is 23.3 Å². The molecule has 1 saturated heterocycles. The molecule has 0 spiro atoms. The Labute approximate surface area is 115 Å². The predicted octanol–water partition coefficient (Wildman–Crippen LogP) is 1.84. The van der Waals surface area contributed by atoms with E-state index >= 15 is 0 Å². The zero-order valence-corrected chi connectivity index (χ0v) is 12.7. The van der Waals surface area contributed by atoms with Crippen LogP contribution in [0.5, 0.6) is 0 Å². The number of Topliss-reactive ketones (excluding diaryl/α,β-unsaturated/α-hetero) is 1. The number of hydrogen-bond acceptors (Lipinski definition) is 4. The van der Waals surface area contributed by atoms with Gasteiger partial charge >= 0.3 is 0 Å². The van der Waals surface area contributed by atoms with Gasteiger partial charge in [0.15, 0.2) is 15.6 Å². The summed E-state index contributed by atoms with van der Waals surface area (Å²) in [5, 5.41) is 4.14. The molecular formula is C11H15BrN2O3S. The monoisotopic (exact) mass is 334 g/mol. The minimum Gasteiger partial charge on any atom is -0.292 e. The van der Waals surface area contributed by atoms with E-state index in [2.05, 4.69) is 21.0 Å². The molecule has 0 radical (unpaired) electrons. The highest BCUT2D eigenvalue weighted by atomic mass is 79.9. The fourth-order valence-corrected chi connectivity index (χ4v) is 4.37. The van der Waals surface area contributed by atoms with Crippen LogP contribution < -0.4 is 0 Å². The number of sulfone groups is 1. The van der Waals surface area contributed by atoms with Crippen molar-refractivity contribution in [2.75, 3.05) is 11.5 Å². The molecule has 0 aliphatic carbocycles. The van der Waals surface area contributed by atoms with Crippen molar-refractivity contribution in [2.24, 2.45) is 5.92 Å². The lowest BCUT2D eigenvalue weighted by Gasteiger charge is -2.13. The predicted molar refractivity (Wildman–Crippen MR) is 71.4 cm³/mol. The summed E-state index contributed by atoms with van der Waals surface area (Å²) in [7, 11) is -3.04. The van der Waals surface area contributed by atoms with Gasteiger partial charge in [0, 0.05) is 12.0 Å². The van der Waals surface area contributed by atoms with E-state index in [1.807, 2.05) is 13.8 Å². The average molecular weight is 335 g/mol. The van der Waals surface area contributed by atoms with Crippen molar-refractivity contribution in [3.05, 3.63) is 16.4 Å². The van der Waals surface area contributed by atoms with Crippen molar-refractivity contribution < 1.29 is 13.2 Å². The number of hydrogen-bond donors (Lipinski definition) is 0. The maximum Gasteiger partial charge on any atom is 0.186 e. The third kappa shape index (κ3) is 2.51. The Balaban J connectivity index is 2.32. The Bertz CT molecular complexity index is 577. The lowest BCUT2D eigenvalue weighted by molar-refractivity contribution is 0.0919. The summed E-state index contributed by atoms with van der Waals surface area (Å²) in [4.78, 5) is 12.4. The van der Waals surface area contributed by atoms with Gasteiger partial charge < -0.3 is 0 Å². The number of halogens is 1. The lowest BCUT2D eigenvalue weighted by atomic mass is 10.0. The SMILES string of the molecule is CC(C)n1ncc(Br)c1C(=O)C1CCS(=O)(=O)C1. The number of ketones is 1. The molecule has 1 aliphatic heterocycles. The van der Waals surface area contributed by atoms with Crippen LogP contribution in [0, 0.1) is 5.92 Å². The zero-order chi connectivity index (χ0) is 13.5. The topological polar surface area (TPSA) is 69.0 Å². The number of carbonyl (C=O) groups excluding carboxylic acids is 1. The number of carbonyl (C=O) groups is 1. The van der Waals surface area contributed by atoms with Gasteiger partial charge in [0.2, 0.25) is 0 Å². The molecule has 2 heterocycles. The van der Waals surface area contributed by atoms with Gasteiger partial charge in [-0.05, 0) is 36.2 Å². The highest BCUT2D eigenvalue weighted by molar-refractivity contribution is 9.10. The van der Waals surface area contributed by atoms with Gasteiger partial charge in [0.1, 0.15) is 5.69 Å². The van der Waals surface area contributed by atoms with Crippen molar-refractivity contribution in [1.29, 1.82) is 0 Å². The second-order valence-corrected chi connectivity index (χ2v) is 7.93. The lowest BCUT2D eigenvalue weighted by Crippen LogP contribution is -2.21. The van der Waals surface area contributed by atoms with Gasteiger partial charge in [-0.2, -0.15) is 5.10 Å². The summed E-state index contributed by atoms with van der Waals surface area (Å²) in [5.41, 5.74) is 0.479. The van der Waals surface area contributed by atoms with Gasteiger partial charge in [-0.25, -0.2) is 8.42 Å². The van der Waals surface area contributed by atoms with Crippen LogP contribution in [0.15, 0.2) is 10.7 Å². The summed E-state index contributed by atoms with van der Waals surface area (Å²) in [6, 6.07) is 0.0632. The van der Waals surface area contributed by atoms with Crippen LogP contribution in [-0.4, -0.2) is 35.5 Å². The highest BCUT2D eigenvalue weighted by Crippen LogP contribution is 2.27. The third-order valence-electron chi connectivity index (χ3n) is 3.08. The van der Waals surface area contributed by atoms with Crippen molar-refractivity contribution in [1.82, 2.24) is 9.78 Å². The first kappa shape index (κ1) is 13.7. The second-order valence-electron chi connectivity index (χ2n) is 4.84. The summed E-state index contributed by atoms with van der Waals surface area (Å²) in [6.07, 6.45) is 1.99. The average Bonchev–Trinajstić information content (AvgIpc) is 2.80. The Hall–Kier alpha value is -0.690. The van der Waals surface area contributed by atoms with Gasteiger partial charge in [0.25, 0.3) is 0 Å². The molecule has 0 saturated carbocycles. The van der Waals surface area contributed by atoms with Crippen LogP contribution in [0.1, 0.15) is 36.8 Å². The standard InChI is InChI=1S/C11H15BrN2O3S/c1-7(2)14-10(9(12)5-13-14)11(15)8-3-4-18(16,17)6-8/h5,7-8H,3-4,6H2,1-2H3. The molecule has 5 nitrogen and oxygen atoms in total. The van der Waals surface area contributed by atoms with Gasteiger partial charge in [-0.3, -0.25) is 9.48 Å². The minimum atomic E-state index is -3.04. The largest absolute Gasteiger partial charge is 0.292 e. The van der Waals surface area contributed by atoms with Crippen LogP contribution in [0.2, 0.25) is 0 Å². The molecule has 2 rings (SSSR count). The molecule has 100 valence electrons. The van der Waals surface area contributed by atoms with E-state index in [1.165, 1.54) is 0 Å². The molecule has 0 amide bonds. The quantitative estimate of drug-likeness (QED) is 0.791. The van der Waals surface area contributed by atoms with E-state index in [0.717, 1.165) is 0 Å². The van der Waals surface area contributed by atoms with Crippen LogP contribution in [0.4, 0.5) is 0 Å². The molecule has 0 bridgehead atoms. The summed E-state index contributed by atoms with van der Waals surface area (Å²) >= 11 is 3.31. The van der Waals surface area contributed by atoms with Crippen molar-refractivity contribution in [3.63, 3.8) is 0 Å². The van der Waals surface area contributed by atoms with E-state index in [0.29, 0.717) is 16.6 Å². The Kier molecular flexibility index (Phi) is 3.64. The van der Waals surface area contributed by atoms with Crippen LogP contribution in [0.25, 0.3) is 0 Å². The van der Waals surface area contributed by atoms with Crippen molar-refractivity contribution in [3.8, 4) is 0 Å². The minimum absolute atomic E-state index is 0.0401. The van der Waals surface area contributed by atoms with Crippen molar-refractivity contribution >= 4 is 31.6 Å². The fraction of sp³-hybridized carbons (Fsp3) is 0.636. The molecule has 0 aromatic carbocycles. The van der Waals surface area contributed by atoms with E-state index < -0.39 is 15.8 Å². The molecule has 1 unspecified atom stereocenters. The number of rotatable bonds is 3. The normalized spacial score (nSPS) is 22.6. The van der Waals surface area contributed by atoms with E-state index in [1.54, 1.807) is 10.9 Å². The summed E-state index contributed by atoms with van der Waals surface area (Å²) in [5.74, 6) is -0.493. The van der Waals surface area contributed by atoms with Crippen LogP contribution in [0.3, 0.4) is 0 Å². The van der Waals surface area contributed by atoms with Crippen LogP contribution >= 0.6 is 15.9 Å². The fourth-order valence-electron chi connectivity index (χ4n) is 2.16. The molecule has 7 heteroatoms. The summed E-state index contributed by atoms with van der Waals surface area (Å²) in [6.45, 7) is 3.86. The Morgan fingerprint density at radius 2 is 2.22 bits per heavy atom. The molecular weight excluding hydrogens is 320 g/mol. The molecule has 1 aromatic heterocycles. The molecule has 1 aromatic rings. The molecule has 1 fully saturated rings. The first-order valence-electron chi connectivity index (χ1n) is 5.79. The molecule has 0 N–H and O–H groups in total. The molecule has 1 atom stereocenters. The van der Waals surface area contributed by atoms with Crippen LogP contribution in [-0.2, 0) is 9.84 Å². The Morgan fingerprint density at radius 1 is 1.56 bits per heavy atom.